The van der Waals surface area contributed by atoms with Crippen molar-refractivity contribution in [3.05, 3.63) is 24.3 Å². The highest BCUT2D eigenvalue weighted by Gasteiger charge is 2.25. The van der Waals surface area contributed by atoms with Crippen molar-refractivity contribution in [3.63, 3.8) is 0 Å². The van der Waals surface area contributed by atoms with Crippen molar-refractivity contribution < 1.29 is 9.90 Å². The highest BCUT2D eigenvalue weighted by atomic mass is 16.3. The summed E-state index contributed by atoms with van der Waals surface area (Å²) in [6.45, 7) is 9.35. The van der Waals surface area contributed by atoms with E-state index in [0.717, 1.165) is 18.8 Å². The first-order valence-electron chi connectivity index (χ1n) is 9.03. The van der Waals surface area contributed by atoms with E-state index < -0.39 is 0 Å². The van der Waals surface area contributed by atoms with E-state index in [0.29, 0.717) is 25.0 Å². The maximum Gasteiger partial charge on any atom is 0.238 e. The van der Waals surface area contributed by atoms with E-state index in [1.807, 2.05) is 17.0 Å². The summed E-state index contributed by atoms with van der Waals surface area (Å²) in [5.41, 5.74) is 1.99. The molecule has 0 saturated heterocycles. The van der Waals surface area contributed by atoms with Gasteiger partial charge in [-0.1, -0.05) is 0 Å². The molecular formula is C19H31N3O2. The van der Waals surface area contributed by atoms with Gasteiger partial charge in [0.25, 0.3) is 0 Å². The molecule has 5 nitrogen and oxygen atoms in total. The largest absolute Gasteiger partial charge is 0.395 e. The number of aliphatic hydroxyl groups excluding tert-OH is 1. The number of rotatable bonds is 10. The highest BCUT2D eigenvalue weighted by molar-refractivity contribution is 5.92. The Bertz CT molecular complexity index is 512. The average Bonchev–Trinajstić information content (AvgIpc) is 3.33. The maximum absolute atomic E-state index is 12.2. The number of carbonyl (C=O) groups is 1. The van der Waals surface area contributed by atoms with E-state index in [-0.39, 0.29) is 12.5 Å². The smallest absolute Gasteiger partial charge is 0.238 e. The van der Waals surface area contributed by atoms with Gasteiger partial charge in [0.05, 0.1) is 13.2 Å². The summed E-state index contributed by atoms with van der Waals surface area (Å²) < 4.78 is 0. The minimum atomic E-state index is -0.0203. The van der Waals surface area contributed by atoms with Crippen LogP contribution >= 0.6 is 0 Å². The molecule has 134 valence electrons. The fraction of sp³-hybridized carbons (Fsp3) is 0.632. The molecule has 1 fully saturated rings. The number of anilines is 2. The lowest BCUT2D eigenvalue weighted by atomic mass is 10.2. The van der Waals surface area contributed by atoms with Gasteiger partial charge in [-0.05, 0) is 63.8 Å². The summed E-state index contributed by atoms with van der Waals surface area (Å²) in [6, 6.07) is 8.46. The van der Waals surface area contributed by atoms with Crippen molar-refractivity contribution in [2.75, 3.05) is 43.0 Å². The van der Waals surface area contributed by atoms with Crippen LogP contribution in [0.25, 0.3) is 0 Å². The van der Waals surface area contributed by atoms with Crippen molar-refractivity contribution in [2.45, 2.75) is 39.7 Å². The Balaban J connectivity index is 1.88. The Morgan fingerprint density at radius 3 is 2.46 bits per heavy atom. The van der Waals surface area contributed by atoms with Crippen LogP contribution in [-0.2, 0) is 4.79 Å². The predicted octanol–water partition coefficient (Wildman–Crippen LogP) is 2.56. The van der Waals surface area contributed by atoms with Gasteiger partial charge in [-0.3, -0.25) is 9.69 Å². The molecule has 0 spiro atoms. The van der Waals surface area contributed by atoms with E-state index >= 15 is 0 Å². The number of nitrogens with zero attached hydrogens (tertiary/aromatic N) is 2. The van der Waals surface area contributed by atoms with Gasteiger partial charge >= 0.3 is 0 Å². The van der Waals surface area contributed by atoms with Crippen LogP contribution < -0.4 is 10.2 Å². The first-order chi connectivity index (χ1) is 11.5. The van der Waals surface area contributed by atoms with Crippen LogP contribution in [0.4, 0.5) is 11.4 Å². The fourth-order valence-electron chi connectivity index (χ4n) is 3.03. The Kier molecular flexibility index (Phi) is 7.06. The van der Waals surface area contributed by atoms with Crippen LogP contribution in [0.15, 0.2) is 24.3 Å². The summed E-state index contributed by atoms with van der Waals surface area (Å²) in [7, 11) is 0. The molecule has 1 aromatic rings. The Labute approximate surface area is 145 Å². The maximum atomic E-state index is 12.2. The van der Waals surface area contributed by atoms with E-state index in [2.05, 4.69) is 43.1 Å². The number of aliphatic hydroxyl groups is 1. The summed E-state index contributed by atoms with van der Waals surface area (Å²) in [6.07, 6.45) is 2.49. The molecule has 0 aromatic heterocycles. The molecule has 0 unspecified atom stereocenters. The normalized spacial score (nSPS) is 14.2. The molecule has 2 rings (SSSR count). The molecule has 1 aliphatic carbocycles. The SMILES string of the molecule is CCN(c1ccc(NC(=O)CN(CCO)CC2CC2)cc1)C(C)C. The third-order valence-corrected chi connectivity index (χ3v) is 4.44. The third-order valence-electron chi connectivity index (χ3n) is 4.44. The zero-order valence-corrected chi connectivity index (χ0v) is 15.2. The third kappa shape index (κ3) is 5.80. The molecule has 2 N–H and O–H groups in total. The lowest BCUT2D eigenvalue weighted by Gasteiger charge is -2.27. The zero-order chi connectivity index (χ0) is 17.5. The van der Waals surface area contributed by atoms with Crippen LogP contribution in [0.2, 0.25) is 0 Å². The first kappa shape index (κ1) is 18.7. The zero-order valence-electron chi connectivity index (χ0n) is 15.2. The Morgan fingerprint density at radius 2 is 1.96 bits per heavy atom. The van der Waals surface area contributed by atoms with Crippen molar-refractivity contribution in [2.24, 2.45) is 5.92 Å². The quantitative estimate of drug-likeness (QED) is 0.691. The van der Waals surface area contributed by atoms with Crippen LogP contribution in [-0.4, -0.2) is 54.7 Å². The first-order valence-corrected chi connectivity index (χ1v) is 9.03. The summed E-state index contributed by atoms with van der Waals surface area (Å²) in [4.78, 5) is 16.6. The van der Waals surface area contributed by atoms with E-state index in [9.17, 15) is 4.79 Å². The predicted molar refractivity (Wildman–Crippen MR) is 99.5 cm³/mol. The number of hydrogen-bond donors (Lipinski definition) is 2. The van der Waals surface area contributed by atoms with Crippen molar-refractivity contribution in [1.29, 1.82) is 0 Å². The molecule has 1 aromatic carbocycles. The molecule has 0 atom stereocenters. The van der Waals surface area contributed by atoms with Gasteiger partial charge < -0.3 is 15.3 Å². The Morgan fingerprint density at radius 1 is 1.29 bits per heavy atom. The van der Waals surface area contributed by atoms with Gasteiger partial charge in [0.1, 0.15) is 0 Å². The van der Waals surface area contributed by atoms with Gasteiger partial charge in [0, 0.05) is 37.1 Å². The fourth-order valence-corrected chi connectivity index (χ4v) is 3.03. The second kappa shape index (κ2) is 9.04. The van der Waals surface area contributed by atoms with E-state index in [4.69, 9.17) is 5.11 Å². The molecule has 1 aliphatic rings. The molecule has 1 saturated carbocycles. The van der Waals surface area contributed by atoms with Gasteiger partial charge in [0.15, 0.2) is 0 Å². The monoisotopic (exact) mass is 333 g/mol. The lowest BCUT2D eigenvalue weighted by Crippen LogP contribution is -2.36. The van der Waals surface area contributed by atoms with Gasteiger partial charge in [0.2, 0.25) is 5.91 Å². The van der Waals surface area contributed by atoms with Crippen LogP contribution in [0.5, 0.6) is 0 Å². The van der Waals surface area contributed by atoms with E-state index in [1.165, 1.54) is 18.5 Å². The molecule has 5 heteroatoms. The number of benzene rings is 1. The summed E-state index contributed by atoms with van der Waals surface area (Å²) in [5, 5.41) is 12.1. The number of amides is 1. The van der Waals surface area contributed by atoms with E-state index in [1.54, 1.807) is 0 Å². The molecule has 0 radical (unpaired) electrons. The minimum absolute atomic E-state index is 0.0203. The molecule has 1 amide bonds. The lowest BCUT2D eigenvalue weighted by molar-refractivity contribution is -0.117. The number of carbonyl (C=O) groups excluding carboxylic acids is 1. The summed E-state index contributed by atoms with van der Waals surface area (Å²) >= 11 is 0. The van der Waals surface area contributed by atoms with Gasteiger partial charge in [-0.25, -0.2) is 0 Å². The van der Waals surface area contributed by atoms with Crippen LogP contribution in [0.1, 0.15) is 33.6 Å². The van der Waals surface area contributed by atoms with Crippen molar-refractivity contribution in [3.8, 4) is 0 Å². The minimum Gasteiger partial charge on any atom is -0.395 e. The molecule has 24 heavy (non-hydrogen) atoms. The second-order valence-electron chi connectivity index (χ2n) is 6.88. The molecular weight excluding hydrogens is 302 g/mol. The molecule has 0 heterocycles. The topological polar surface area (TPSA) is 55.8 Å². The van der Waals surface area contributed by atoms with Crippen molar-refractivity contribution >= 4 is 17.3 Å². The van der Waals surface area contributed by atoms with Gasteiger partial charge in [-0.2, -0.15) is 0 Å². The number of nitrogens with one attached hydrogen (secondary N) is 1. The summed E-state index contributed by atoms with van der Waals surface area (Å²) in [5.74, 6) is 0.688. The van der Waals surface area contributed by atoms with Crippen LogP contribution in [0, 0.1) is 5.92 Å². The second-order valence-corrected chi connectivity index (χ2v) is 6.88. The number of hydrogen-bond acceptors (Lipinski definition) is 4. The van der Waals surface area contributed by atoms with Crippen molar-refractivity contribution in [1.82, 2.24) is 4.90 Å². The standard InChI is InChI=1S/C19H31N3O2/c1-4-22(15(2)3)18-9-7-17(8-10-18)20-19(24)14-21(11-12-23)13-16-5-6-16/h7-10,15-16,23H,4-6,11-14H2,1-3H3,(H,20,24). The molecule has 0 bridgehead atoms. The van der Waals surface area contributed by atoms with Gasteiger partial charge in [-0.15, -0.1) is 0 Å². The Hall–Kier alpha value is -1.59. The van der Waals surface area contributed by atoms with Crippen LogP contribution in [0.3, 0.4) is 0 Å². The average molecular weight is 333 g/mol. The molecule has 0 aliphatic heterocycles. The highest BCUT2D eigenvalue weighted by Crippen LogP contribution is 2.29.